The van der Waals surface area contributed by atoms with Crippen LogP contribution in [0.15, 0.2) is 42.6 Å². The minimum absolute atomic E-state index is 0.00279. The molecule has 1 heterocycles. The Balaban J connectivity index is 2.17. The lowest BCUT2D eigenvalue weighted by Gasteiger charge is -2.11. The Labute approximate surface area is 106 Å². The third-order valence-corrected chi connectivity index (χ3v) is 2.46. The Bertz CT molecular complexity index is 497. The fourth-order valence-corrected chi connectivity index (χ4v) is 1.58. The normalized spacial score (nSPS) is 10.1. The summed E-state index contributed by atoms with van der Waals surface area (Å²) in [5, 5.41) is 12.1. The summed E-state index contributed by atoms with van der Waals surface area (Å²) in [6.45, 7) is 2.57. The standard InChI is InChI=1S/C14H16N2O2/c1-2-18-13-6-4-3-5-12(13)16-14-8-7-11(10-17)9-15-14/h3-9,17H,2,10H2,1H3,(H,15,16). The van der Waals surface area contributed by atoms with Crippen LogP contribution in [0.2, 0.25) is 0 Å². The van der Waals surface area contributed by atoms with Crippen LogP contribution in [0.1, 0.15) is 12.5 Å². The number of aliphatic hydroxyl groups excluding tert-OH is 1. The van der Waals surface area contributed by atoms with Crippen LogP contribution in [0.3, 0.4) is 0 Å². The number of aliphatic hydroxyl groups is 1. The van der Waals surface area contributed by atoms with Crippen molar-refractivity contribution in [1.29, 1.82) is 0 Å². The maximum Gasteiger partial charge on any atom is 0.142 e. The number of hydrogen-bond donors (Lipinski definition) is 2. The summed E-state index contributed by atoms with van der Waals surface area (Å²) < 4.78 is 5.52. The lowest BCUT2D eigenvalue weighted by atomic mass is 10.2. The third-order valence-electron chi connectivity index (χ3n) is 2.46. The molecule has 2 rings (SSSR count). The van der Waals surface area contributed by atoms with Gasteiger partial charge in [0.2, 0.25) is 0 Å². The summed E-state index contributed by atoms with van der Waals surface area (Å²) >= 11 is 0. The second kappa shape index (κ2) is 6.02. The lowest BCUT2D eigenvalue weighted by Crippen LogP contribution is -1.99. The Kier molecular flexibility index (Phi) is 4.15. The highest BCUT2D eigenvalue weighted by Gasteiger charge is 2.03. The smallest absolute Gasteiger partial charge is 0.142 e. The van der Waals surface area contributed by atoms with Gasteiger partial charge in [0.05, 0.1) is 18.9 Å². The number of para-hydroxylation sites is 2. The molecule has 0 aliphatic rings. The summed E-state index contributed by atoms with van der Waals surface area (Å²) in [5.74, 6) is 1.52. The van der Waals surface area contributed by atoms with Crippen molar-refractivity contribution in [2.24, 2.45) is 0 Å². The molecule has 0 radical (unpaired) electrons. The first-order valence-corrected chi connectivity index (χ1v) is 5.88. The highest BCUT2D eigenvalue weighted by Crippen LogP contribution is 2.26. The van der Waals surface area contributed by atoms with Gasteiger partial charge in [0.1, 0.15) is 11.6 Å². The first-order chi connectivity index (χ1) is 8.83. The number of nitrogens with zero attached hydrogens (tertiary/aromatic N) is 1. The van der Waals surface area contributed by atoms with E-state index >= 15 is 0 Å². The molecule has 0 unspecified atom stereocenters. The van der Waals surface area contributed by atoms with Gasteiger partial charge in [0.25, 0.3) is 0 Å². The number of aromatic nitrogens is 1. The highest BCUT2D eigenvalue weighted by molar-refractivity contribution is 5.63. The fourth-order valence-electron chi connectivity index (χ4n) is 1.58. The van der Waals surface area contributed by atoms with E-state index in [1.54, 1.807) is 6.20 Å². The van der Waals surface area contributed by atoms with E-state index in [0.717, 1.165) is 22.8 Å². The van der Waals surface area contributed by atoms with Crippen LogP contribution < -0.4 is 10.1 Å². The molecule has 0 aliphatic carbocycles. The van der Waals surface area contributed by atoms with Crippen LogP contribution in [-0.4, -0.2) is 16.7 Å². The summed E-state index contributed by atoms with van der Waals surface area (Å²) in [7, 11) is 0. The Morgan fingerprint density at radius 2 is 2.06 bits per heavy atom. The predicted octanol–water partition coefficient (Wildman–Crippen LogP) is 2.72. The van der Waals surface area contributed by atoms with Gasteiger partial charge in [-0.05, 0) is 30.7 Å². The molecule has 1 aromatic carbocycles. The summed E-state index contributed by atoms with van der Waals surface area (Å²) in [5.41, 5.74) is 1.67. The van der Waals surface area contributed by atoms with Gasteiger partial charge in [-0.25, -0.2) is 4.98 Å². The van der Waals surface area contributed by atoms with Crippen LogP contribution >= 0.6 is 0 Å². The molecule has 0 atom stereocenters. The van der Waals surface area contributed by atoms with E-state index in [-0.39, 0.29) is 6.61 Å². The minimum atomic E-state index is 0.00279. The van der Waals surface area contributed by atoms with E-state index in [2.05, 4.69) is 10.3 Å². The first-order valence-electron chi connectivity index (χ1n) is 5.88. The number of nitrogens with one attached hydrogen (secondary N) is 1. The molecule has 18 heavy (non-hydrogen) atoms. The predicted molar refractivity (Wildman–Crippen MR) is 71.1 cm³/mol. The molecular weight excluding hydrogens is 228 g/mol. The van der Waals surface area contributed by atoms with E-state index < -0.39 is 0 Å². The van der Waals surface area contributed by atoms with E-state index in [4.69, 9.17) is 9.84 Å². The maximum atomic E-state index is 8.95. The SMILES string of the molecule is CCOc1ccccc1Nc1ccc(CO)cn1. The van der Waals surface area contributed by atoms with Crippen molar-refractivity contribution in [1.82, 2.24) is 4.98 Å². The van der Waals surface area contributed by atoms with E-state index in [0.29, 0.717) is 6.61 Å². The Hall–Kier alpha value is -2.07. The molecule has 94 valence electrons. The molecule has 2 N–H and O–H groups in total. The summed E-state index contributed by atoms with van der Waals surface area (Å²) in [6.07, 6.45) is 1.64. The van der Waals surface area contributed by atoms with Gasteiger partial charge >= 0.3 is 0 Å². The maximum absolute atomic E-state index is 8.95. The molecule has 0 saturated carbocycles. The van der Waals surface area contributed by atoms with Crippen molar-refractivity contribution in [2.75, 3.05) is 11.9 Å². The monoisotopic (exact) mass is 244 g/mol. The molecule has 0 saturated heterocycles. The topological polar surface area (TPSA) is 54.4 Å². The number of pyridine rings is 1. The van der Waals surface area contributed by atoms with Gasteiger partial charge < -0.3 is 15.2 Å². The molecule has 4 nitrogen and oxygen atoms in total. The van der Waals surface area contributed by atoms with Crippen LogP contribution in [-0.2, 0) is 6.61 Å². The second-order valence-electron chi connectivity index (χ2n) is 3.76. The molecule has 1 aromatic heterocycles. The zero-order valence-electron chi connectivity index (χ0n) is 10.3. The molecule has 4 heteroatoms. The van der Waals surface area contributed by atoms with E-state index in [1.807, 2.05) is 43.3 Å². The number of rotatable bonds is 5. The summed E-state index contributed by atoms with van der Waals surface area (Å²) in [4.78, 5) is 4.22. The number of anilines is 2. The molecular formula is C14H16N2O2. The molecule has 0 amide bonds. The van der Waals surface area contributed by atoms with Crippen LogP contribution in [0.25, 0.3) is 0 Å². The van der Waals surface area contributed by atoms with Crippen molar-refractivity contribution in [3.05, 3.63) is 48.2 Å². The average molecular weight is 244 g/mol. The first kappa shape index (κ1) is 12.4. The zero-order valence-corrected chi connectivity index (χ0v) is 10.3. The highest BCUT2D eigenvalue weighted by atomic mass is 16.5. The molecule has 0 fully saturated rings. The second-order valence-corrected chi connectivity index (χ2v) is 3.76. The van der Waals surface area contributed by atoms with Gasteiger partial charge in [-0.2, -0.15) is 0 Å². The molecule has 0 spiro atoms. The van der Waals surface area contributed by atoms with Crippen molar-refractivity contribution in [2.45, 2.75) is 13.5 Å². The van der Waals surface area contributed by atoms with E-state index in [1.165, 1.54) is 0 Å². The third kappa shape index (κ3) is 2.99. The van der Waals surface area contributed by atoms with Crippen molar-refractivity contribution in [3.8, 4) is 5.75 Å². The number of hydrogen-bond acceptors (Lipinski definition) is 4. The summed E-state index contributed by atoms with van der Waals surface area (Å²) in [6, 6.07) is 11.4. The van der Waals surface area contributed by atoms with Gasteiger partial charge in [0.15, 0.2) is 0 Å². The Morgan fingerprint density at radius 3 is 2.72 bits per heavy atom. The lowest BCUT2D eigenvalue weighted by molar-refractivity contribution is 0.281. The molecule has 2 aromatic rings. The van der Waals surface area contributed by atoms with Crippen LogP contribution in [0, 0.1) is 0 Å². The Morgan fingerprint density at radius 1 is 1.22 bits per heavy atom. The van der Waals surface area contributed by atoms with Crippen LogP contribution in [0.5, 0.6) is 5.75 Å². The fraction of sp³-hybridized carbons (Fsp3) is 0.214. The zero-order chi connectivity index (χ0) is 12.8. The average Bonchev–Trinajstić information content (AvgIpc) is 2.42. The number of benzene rings is 1. The number of ether oxygens (including phenoxy) is 1. The minimum Gasteiger partial charge on any atom is -0.492 e. The van der Waals surface area contributed by atoms with Crippen molar-refractivity contribution < 1.29 is 9.84 Å². The van der Waals surface area contributed by atoms with Crippen LogP contribution in [0.4, 0.5) is 11.5 Å². The van der Waals surface area contributed by atoms with Gasteiger partial charge in [-0.15, -0.1) is 0 Å². The van der Waals surface area contributed by atoms with Gasteiger partial charge in [-0.3, -0.25) is 0 Å². The van der Waals surface area contributed by atoms with Crippen molar-refractivity contribution in [3.63, 3.8) is 0 Å². The molecule has 0 bridgehead atoms. The van der Waals surface area contributed by atoms with Crippen molar-refractivity contribution >= 4 is 11.5 Å². The quantitative estimate of drug-likeness (QED) is 0.849. The van der Waals surface area contributed by atoms with E-state index in [9.17, 15) is 0 Å². The van der Waals surface area contributed by atoms with Gasteiger partial charge in [-0.1, -0.05) is 18.2 Å². The van der Waals surface area contributed by atoms with Gasteiger partial charge in [0, 0.05) is 6.20 Å². The molecule has 0 aliphatic heterocycles. The largest absolute Gasteiger partial charge is 0.492 e.